The second kappa shape index (κ2) is 7.20. The van der Waals surface area contributed by atoms with Gasteiger partial charge < -0.3 is 5.32 Å². The maximum absolute atomic E-state index is 14.2. The number of benzene rings is 1. The van der Waals surface area contributed by atoms with E-state index in [0.29, 0.717) is 5.56 Å². The smallest absolute Gasteiger partial charge is 0.134 e. The van der Waals surface area contributed by atoms with Gasteiger partial charge in [-0.3, -0.25) is 0 Å². The number of thiazole rings is 1. The molecule has 0 atom stereocenters. The predicted octanol–water partition coefficient (Wildman–Crippen LogP) is 4.34. The van der Waals surface area contributed by atoms with Crippen molar-refractivity contribution in [2.24, 2.45) is 0 Å². The zero-order chi connectivity index (χ0) is 14.5. The van der Waals surface area contributed by atoms with Crippen molar-refractivity contribution < 1.29 is 4.39 Å². The van der Waals surface area contributed by atoms with E-state index < -0.39 is 0 Å². The Morgan fingerprint density at radius 3 is 2.80 bits per heavy atom. The molecule has 2 rings (SSSR count). The van der Waals surface area contributed by atoms with Crippen LogP contribution in [-0.4, -0.2) is 17.8 Å². The molecule has 2 aromatic rings. The second-order valence-corrected chi connectivity index (χ2v) is 6.71. The summed E-state index contributed by atoms with van der Waals surface area (Å²) in [5.41, 5.74) is 1.72. The molecule has 0 saturated carbocycles. The summed E-state index contributed by atoms with van der Waals surface area (Å²) < 4.78 is 14.2. The summed E-state index contributed by atoms with van der Waals surface area (Å²) in [6.45, 7) is 4.94. The van der Waals surface area contributed by atoms with Gasteiger partial charge in [0.05, 0.1) is 11.3 Å². The van der Waals surface area contributed by atoms with Crippen molar-refractivity contribution in [1.82, 2.24) is 10.3 Å². The quantitative estimate of drug-likeness (QED) is 0.803. The Labute approximate surface area is 127 Å². The number of aryl methyl sites for hydroxylation is 1. The Hall–Kier alpha value is -0.910. The summed E-state index contributed by atoms with van der Waals surface area (Å²) in [7, 11) is 1.92. The van der Waals surface area contributed by atoms with Gasteiger partial charge in [0, 0.05) is 16.3 Å². The zero-order valence-electron chi connectivity index (χ0n) is 12.0. The molecular weight excluding hydrogens is 291 g/mol. The monoisotopic (exact) mass is 310 g/mol. The average molecular weight is 310 g/mol. The zero-order valence-corrected chi connectivity index (χ0v) is 13.6. The molecule has 0 bridgehead atoms. The van der Waals surface area contributed by atoms with E-state index >= 15 is 0 Å². The van der Waals surface area contributed by atoms with E-state index in [-0.39, 0.29) is 5.82 Å². The Kier molecular flexibility index (Phi) is 5.57. The molecular formula is C15H19FN2S2. The lowest BCUT2D eigenvalue weighted by atomic mass is 10.2. The van der Waals surface area contributed by atoms with Crippen molar-refractivity contribution in [2.45, 2.75) is 31.7 Å². The van der Waals surface area contributed by atoms with Crippen molar-refractivity contribution in [2.75, 3.05) is 12.8 Å². The van der Waals surface area contributed by atoms with Gasteiger partial charge >= 0.3 is 0 Å². The van der Waals surface area contributed by atoms with Crippen LogP contribution in [0.25, 0.3) is 10.6 Å². The highest BCUT2D eigenvalue weighted by Gasteiger charge is 2.17. The normalized spacial score (nSPS) is 11.0. The van der Waals surface area contributed by atoms with Crippen LogP contribution in [-0.2, 0) is 13.0 Å². The van der Waals surface area contributed by atoms with E-state index in [1.165, 1.54) is 10.9 Å². The van der Waals surface area contributed by atoms with Crippen LogP contribution in [0.4, 0.5) is 4.39 Å². The van der Waals surface area contributed by atoms with Gasteiger partial charge in [0.25, 0.3) is 0 Å². The van der Waals surface area contributed by atoms with Gasteiger partial charge in [-0.1, -0.05) is 19.9 Å². The lowest BCUT2D eigenvalue weighted by Crippen LogP contribution is -2.05. The first-order chi connectivity index (χ1) is 9.71. The van der Waals surface area contributed by atoms with Crippen LogP contribution in [0, 0.1) is 5.82 Å². The summed E-state index contributed by atoms with van der Waals surface area (Å²) >= 11 is 3.25. The third-order valence-corrected chi connectivity index (χ3v) is 4.99. The van der Waals surface area contributed by atoms with Crippen molar-refractivity contribution in [1.29, 1.82) is 0 Å². The highest BCUT2D eigenvalue weighted by atomic mass is 32.2. The average Bonchev–Trinajstić information content (AvgIpc) is 2.82. The van der Waals surface area contributed by atoms with Crippen LogP contribution in [0.15, 0.2) is 23.1 Å². The number of nitrogens with one attached hydrogen (secondary N) is 1. The third-order valence-electron chi connectivity index (χ3n) is 2.94. The molecule has 0 aliphatic heterocycles. The Morgan fingerprint density at radius 2 is 2.15 bits per heavy atom. The Balaban J connectivity index is 2.50. The van der Waals surface area contributed by atoms with Gasteiger partial charge in [0.2, 0.25) is 0 Å². The van der Waals surface area contributed by atoms with E-state index in [9.17, 15) is 4.39 Å². The van der Waals surface area contributed by atoms with Gasteiger partial charge in [0.1, 0.15) is 10.8 Å². The summed E-state index contributed by atoms with van der Waals surface area (Å²) in [5.74, 6) is 0.738. The molecule has 1 aromatic carbocycles. The largest absolute Gasteiger partial charge is 0.315 e. The van der Waals surface area contributed by atoms with Crippen LogP contribution in [0.2, 0.25) is 0 Å². The van der Waals surface area contributed by atoms with Gasteiger partial charge in [-0.15, -0.1) is 23.1 Å². The van der Waals surface area contributed by atoms with E-state index in [2.05, 4.69) is 24.1 Å². The lowest BCUT2D eigenvalue weighted by molar-refractivity contribution is 0.628. The first-order valence-electron chi connectivity index (χ1n) is 6.76. The summed E-state index contributed by atoms with van der Waals surface area (Å²) in [6, 6.07) is 5.25. The molecule has 0 saturated heterocycles. The lowest BCUT2D eigenvalue weighted by Gasteiger charge is -2.06. The topological polar surface area (TPSA) is 24.9 Å². The molecule has 108 valence electrons. The van der Waals surface area contributed by atoms with E-state index in [0.717, 1.165) is 34.3 Å². The maximum atomic E-state index is 14.2. The molecule has 5 heteroatoms. The van der Waals surface area contributed by atoms with Crippen LogP contribution < -0.4 is 5.32 Å². The molecule has 0 aliphatic carbocycles. The van der Waals surface area contributed by atoms with Crippen molar-refractivity contribution in [3.05, 3.63) is 34.6 Å². The Morgan fingerprint density at radius 1 is 1.35 bits per heavy atom. The van der Waals surface area contributed by atoms with Gasteiger partial charge in [0.15, 0.2) is 0 Å². The number of thioether (sulfide) groups is 1. The first kappa shape index (κ1) is 15.5. The highest BCUT2D eigenvalue weighted by molar-refractivity contribution is 7.99. The van der Waals surface area contributed by atoms with Crippen LogP contribution >= 0.6 is 23.1 Å². The molecule has 20 heavy (non-hydrogen) atoms. The highest BCUT2D eigenvalue weighted by Crippen LogP contribution is 2.37. The van der Waals surface area contributed by atoms with Crippen molar-refractivity contribution >= 4 is 23.1 Å². The molecule has 1 N–H and O–H groups in total. The minimum atomic E-state index is -0.184. The summed E-state index contributed by atoms with van der Waals surface area (Å²) in [4.78, 5) is 6.81. The summed E-state index contributed by atoms with van der Waals surface area (Å²) in [5, 5.41) is 3.94. The number of hydrogen-bond donors (Lipinski definition) is 1. The minimum Gasteiger partial charge on any atom is -0.315 e. The fourth-order valence-corrected chi connectivity index (χ4v) is 4.16. The van der Waals surface area contributed by atoms with Crippen LogP contribution in [0.1, 0.15) is 24.4 Å². The number of rotatable bonds is 6. The fourth-order valence-electron chi connectivity index (χ4n) is 2.05. The third kappa shape index (κ3) is 3.22. The number of halogens is 1. The van der Waals surface area contributed by atoms with E-state index in [4.69, 9.17) is 0 Å². The van der Waals surface area contributed by atoms with Crippen molar-refractivity contribution in [3.8, 4) is 10.6 Å². The molecule has 0 spiro atoms. The SMILES string of the molecule is CCSc1cccc(F)c1-c1nc(CC)c(CNC)s1. The molecule has 0 aliphatic rings. The molecule has 1 heterocycles. The van der Waals surface area contributed by atoms with Gasteiger partial charge in [-0.05, 0) is 31.4 Å². The molecule has 0 radical (unpaired) electrons. The Bertz CT molecular complexity index is 581. The molecule has 1 aromatic heterocycles. The molecule has 0 unspecified atom stereocenters. The van der Waals surface area contributed by atoms with Crippen LogP contribution in [0.5, 0.6) is 0 Å². The maximum Gasteiger partial charge on any atom is 0.134 e. The fraction of sp³-hybridized carbons (Fsp3) is 0.400. The van der Waals surface area contributed by atoms with Gasteiger partial charge in [-0.25, -0.2) is 9.37 Å². The predicted molar refractivity (Wildman–Crippen MR) is 86.0 cm³/mol. The molecule has 0 amide bonds. The van der Waals surface area contributed by atoms with E-state index in [1.54, 1.807) is 29.2 Å². The standard InChI is InChI=1S/C15H19FN2S2/c1-4-11-13(9-17-3)20-15(18-11)14-10(16)7-6-8-12(14)19-5-2/h6-8,17H,4-5,9H2,1-3H3. The summed E-state index contributed by atoms with van der Waals surface area (Å²) in [6.07, 6.45) is 0.873. The molecule has 0 fully saturated rings. The van der Waals surface area contributed by atoms with Crippen molar-refractivity contribution in [3.63, 3.8) is 0 Å². The minimum absolute atomic E-state index is 0.184. The van der Waals surface area contributed by atoms with Gasteiger partial charge in [-0.2, -0.15) is 0 Å². The number of nitrogens with zero attached hydrogens (tertiary/aromatic N) is 1. The first-order valence-corrected chi connectivity index (χ1v) is 8.56. The van der Waals surface area contributed by atoms with E-state index in [1.807, 2.05) is 13.1 Å². The molecule has 2 nitrogen and oxygen atoms in total. The second-order valence-electron chi connectivity index (χ2n) is 4.32. The number of aromatic nitrogens is 1. The van der Waals surface area contributed by atoms with Crippen LogP contribution in [0.3, 0.4) is 0 Å². The number of hydrogen-bond acceptors (Lipinski definition) is 4.